The Hall–Kier alpha value is -2.28. The number of carbonyl (C=O) groups is 1. The maximum Gasteiger partial charge on any atom is 0.573 e. The Labute approximate surface area is 128 Å². The molecule has 0 N–H and O–H groups in total. The van der Waals surface area contributed by atoms with Gasteiger partial charge >= 0.3 is 12.3 Å². The van der Waals surface area contributed by atoms with Gasteiger partial charge in [-0.05, 0) is 18.2 Å². The molecule has 8 heteroatoms. The zero-order valence-corrected chi connectivity index (χ0v) is 11.9. The molecule has 4 nitrogen and oxygen atoms in total. The van der Waals surface area contributed by atoms with E-state index < -0.39 is 18.1 Å². The highest BCUT2D eigenvalue weighted by Crippen LogP contribution is 2.35. The number of pyridine rings is 1. The van der Waals surface area contributed by atoms with Gasteiger partial charge in [-0.25, -0.2) is 4.79 Å². The van der Waals surface area contributed by atoms with Crippen LogP contribution in [0.3, 0.4) is 0 Å². The van der Waals surface area contributed by atoms with E-state index in [1.807, 2.05) is 0 Å². The van der Waals surface area contributed by atoms with Crippen LogP contribution >= 0.6 is 11.6 Å². The maximum absolute atomic E-state index is 12.5. The smallest absolute Gasteiger partial charge is 0.465 e. The topological polar surface area (TPSA) is 48.4 Å². The number of ether oxygens (including phenoxy) is 2. The lowest BCUT2D eigenvalue weighted by atomic mass is 10.0. The van der Waals surface area contributed by atoms with Crippen LogP contribution in [0.15, 0.2) is 36.5 Å². The summed E-state index contributed by atoms with van der Waals surface area (Å²) in [7, 11) is 1.14. The van der Waals surface area contributed by atoms with Crippen LogP contribution in [0.1, 0.15) is 10.4 Å². The number of para-hydroxylation sites is 1. The highest BCUT2D eigenvalue weighted by Gasteiger charge is 2.32. The first kappa shape index (κ1) is 16.1. The van der Waals surface area contributed by atoms with Gasteiger partial charge in [-0.3, -0.25) is 4.98 Å². The van der Waals surface area contributed by atoms with E-state index >= 15 is 0 Å². The van der Waals surface area contributed by atoms with E-state index in [2.05, 4.69) is 14.5 Å². The Bertz CT molecular complexity index is 704. The minimum atomic E-state index is -4.87. The summed E-state index contributed by atoms with van der Waals surface area (Å²) in [6.45, 7) is 0. The summed E-state index contributed by atoms with van der Waals surface area (Å²) in [6, 6.07) is 6.61. The predicted molar refractivity (Wildman–Crippen MR) is 72.7 cm³/mol. The van der Waals surface area contributed by atoms with Crippen molar-refractivity contribution in [1.29, 1.82) is 0 Å². The quantitative estimate of drug-likeness (QED) is 0.795. The molecule has 0 bridgehead atoms. The first-order chi connectivity index (χ1) is 10.3. The largest absolute Gasteiger partial charge is 0.573 e. The number of aromatic nitrogens is 1. The van der Waals surface area contributed by atoms with E-state index in [0.29, 0.717) is 0 Å². The molecule has 0 amide bonds. The van der Waals surface area contributed by atoms with Crippen LogP contribution in [0, 0.1) is 0 Å². The van der Waals surface area contributed by atoms with E-state index in [1.165, 1.54) is 30.5 Å². The number of carbonyl (C=O) groups excluding carboxylic acids is 1. The normalized spacial score (nSPS) is 11.1. The van der Waals surface area contributed by atoms with Gasteiger partial charge in [0, 0.05) is 11.8 Å². The van der Waals surface area contributed by atoms with Crippen molar-refractivity contribution in [2.24, 2.45) is 0 Å². The zero-order chi connectivity index (χ0) is 16.3. The second kappa shape index (κ2) is 6.23. The van der Waals surface area contributed by atoms with Crippen molar-refractivity contribution >= 4 is 17.6 Å². The monoisotopic (exact) mass is 331 g/mol. The van der Waals surface area contributed by atoms with Crippen molar-refractivity contribution in [3.8, 4) is 17.0 Å². The van der Waals surface area contributed by atoms with E-state index in [0.717, 1.165) is 13.2 Å². The first-order valence-corrected chi connectivity index (χ1v) is 6.28. The Balaban J connectivity index is 2.60. The van der Waals surface area contributed by atoms with Crippen molar-refractivity contribution in [2.75, 3.05) is 7.11 Å². The van der Waals surface area contributed by atoms with Gasteiger partial charge in [0.15, 0.2) is 0 Å². The number of hydrogen-bond acceptors (Lipinski definition) is 4. The molecule has 1 aromatic carbocycles. The molecule has 0 aliphatic heterocycles. The number of hydrogen-bond donors (Lipinski definition) is 0. The summed E-state index contributed by atoms with van der Waals surface area (Å²) in [5, 5.41) is 0.151. The molecule has 0 saturated heterocycles. The molecule has 1 heterocycles. The Morgan fingerprint density at radius 2 is 1.95 bits per heavy atom. The molecule has 0 radical (unpaired) electrons. The fourth-order valence-electron chi connectivity index (χ4n) is 1.80. The SMILES string of the molecule is COC(=O)c1cc(Cl)cnc1-c1ccccc1OC(F)(F)F. The van der Waals surface area contributed by atoms with Gasteiger partial charge in [0.25, 0.3) is 0 Å². The molecule has 22 heavy (non-hydrogen) atoms. The summed E-state index contributed by atoms with van der Waals surface area (Å²) in [4.78, 5) is 15.7. The summed E-state index contributed by atoms with van der Waals surface area (Å²) in [5.74, 6) is -1.25. The average molecular weight is 332 g/mol. The summed E-state index contributed by atoms with van der Waals surface area (Å²) in [6.07, 6.45) is -3.65. The van der Waals surface area contributed by atoms with Crippen molar-refractivity contribution < 1.29 is 27.4 Å². The van der Waals surface area contributed by atoms with Gasteiger partial charge in [0.05, 0.1) is 23.4 Å². The second-order valence-electron chi connectivity index (χ2n) is 4.09. The van der Waals surface area contributed by atoms with Crippen LogP contribution in [0.4, 0.5) is 13.2 Å². The number of nitrogens with zero attached hydrogens (tertiary/aromatic N) is 1. The molecule has 0 saturated carbocycles. The third kappa shape index (κ3) is 3.67. The van der Waals surface area contributed by atoms with Gasteiger partial charge < -0.3 is 9.47 Å². The third-order valence-electron chi connectivity index (χ3n) is 2.63. The van der Waals surface area contributed by atoms with Crippen LogP contribution in [0.5, 0.6) is 5.75 Å². The highest BCUT2D eigenvalue weighted by molar-refractivity contribution is 6.30. The van der Waals surface area contributed by atoms with Crippen molar-refractivity contribution in [1.82, 2.24) is 4.98 Å². The lowest BCUT2D eigenvalue weighted by Crippen LogP contribution is -2.18. The number of alkyl halides is 3. The van der Waals surface area contributed by atoms with Crippen LogP contribution in [-0.2, 0) is 4.74 Å². The van der Waals surface area contributed by atoms with Gasteiger partial charge in [-0.1, -0.05) is 23.7 Å². The van der Waals surface area contributed by atoms with Gasteiger partial charge in [-0.15, -0.1) is 13.2 Å². The lowest BCUT2D eigenvalue weighted by molar-refractivity contribution is -0.274. The average Bonchev–Trinajstić information content (AvgIpc) is 2.45. The zero-order valence-electron chi connectivity index (χ0n) is 11.1. The summed E-state index contributed by atoms with van der Waals surface area (Å²) >= 11 is 5.77. The number of benzene rings is 1. The number of halogens is 4. The first-order valence-electron chi connectivity index (χ1n) is 5.91. The van der Waals surface area contributed by atoms with Crippen molar-refractivity contribution in [3.63, 3.8) is 0 Å². The second-order valence-corrected chi connectivity index (χ2v) is 4.52. The van der Waals surface area contributed by atoms with Crippen molar-refractivity contribution in [2.45, 2.75) is 6.36 Å². The molecule has 0 aliphatic rings. The fourth-order valence-corrected chi connectivity index (χ4v) is 1.95. The van der Waals surface area contributed by atoms with Crippen molar-refractivity contribution in [3.05, 3.63) is 47.1 Å². The van der Waals surface area contributed by atoms with Crippen LogP contribution in [-0.4, -0.2) is 24.4 Å². The third-order valence-corrected chi connectivity index (χ3v) is 2.83. The van der Waals surface area contributed by atoms with Crippen LogP contribution in [0.2, 0.25) is 5.02 Å². The number of methoxy groups -OCH3 is 1. The summed E-state index contributed by atoms with van der Waals surface area (Å²) < 4.78 is 46.0. The predicted octanol–water partition coefficient (Wildman–Crippen LogP) is 4.09. The molecule has 0 atom stereocenters. The molecule has 0 unspecified atom stereocenters. The molecule has 0 spiro atoms. The van der Waals surface area contributed by atoms with E-state index in [-0.39, 0.29) is 21.8 Å². The number of rotatable bonds is 3. The summed E-state index contributed by atoms with van der Waals surface area (Å²) in [5.41, 5.74) is -0.0822. The molecule has 0 fully saturated rings. The van der Waals surface area contributed by atoms with Crippen LogP contribution in [0.25, 0.3) is 11.3 Å². The fraction of sp³-hybridized carbons (Fsp3) is 0.143. The Morgan fingerprint density at radius 3 is 2.59 bits per heavy atom. The molecule has 0 aliphatic carbocycles. The molecule has 2 aromatic rings. The van der Waals surface area contributed by atoms with E-state index in [1.54, 1.807) is 0 Å². The van der Waals surface area contributed by atoms with Gasteiger partial charge in [0.1, 0.15) is 5.75 Å². The molecule has 116 valence electrons. The Morgan fingerprint density at radius 1 is 1.27 bits per heavy atom. The van der Waals surface area contributed by atoms with Gasteiger partial charge in [-0.2, -0.15) is 0 Å². The Kier molecular flexibility index (Phi) is 4.56. The highest BCUT2D eigenvalue weighted by atomic mass is 35.5. The minimum Gasteiger partial charge on any atom is -0.465 e. The van der Waals surface area contributed by atoms with E-state index in [4.69, 9.17) is 11.6 Å². The van der Waals surface area contributed by atoms with E-state index in [9.17, 15) is 18.0 Å². The maximum atomic E-state index is 12.5. The minimum absolute atomic E-state index is 0.00288. The van der Waals surface area contributed by atoms with Crippen LogP contribution < -0.4 is 4.74 Å². The molecular formula is C14H9ClF3NO3. The molecular weight excluding hydrogens is 323 g/mol. The molecule has 2 rings (SSSR count). The number of esters is 1. The lowest BCUT2D eigenvalue weighted by Gasteiger charge is -2.14. The standard InChI is InChI=1S/C14H9ClF3NO3/c1-21-13(20)10-6-8(15)7-19-12(10)9-4-2-3-5-11(9)22-14(16,17)18/h2-7H,1H3. The van der Waals surface area contributed by atoms with Gasteiger partial charge in [0.2, 0.25) is 0 Å². The molecule has 1 aromatic heterocycles.